The van der Waals surface area contributed by atoms with Crippen LogP contribution in [-0.4, -0.2) is 34.8 Å². The van der Waals surface area contributed by atoms with E-state index >= 15 is 0 Å². The molecule has 5 nitrogen and oxygen atoms in total. The molecule has 2 heterocycles. The molecule has 3 aromatic rings. The third-order valence-electron chi connectivity index (χ3n) is 4.76. The first kappa shape index (κ1) is 18.2. The number of hydrogen-bond acceptors (Lipinski definition) is 5. The van der Waals surface area contributed by atoms with E-state index in [-0.39, 0.29) is 0 Å². The molecule has 27 heavy (non-hydrogen) atoms. The lowest BCUT2D eigenvalue weighted by molar-refractivity contribution is 0.117. The highest BCUT2D eigenvalue weighted by Gasteiger charge is 2.22. The zero-order chi connectivity index (χ0) is 18.5. The maximum absolute atomic E-state index is 5.94. The van der Waals surface area contributed by atoms with Crippen molar-refractivity contribution >= 4 is 15.9 Å². The average Bonchev–Trinajstić information content (AvgIpc) is 3.16. The van der Waals surface area contributed by atoms with Gasteiger partial charge in [0.2, 0.25) is 11.8 Å². The molecule has 6 heteroatoms. The third-order valence-corrected chi connectivity index (χ3v) is 5.45. The lowest BCUT2D eigenvalue weighted by atomic mass is 9.99. The van der Waals surface area contributed by atoms with Crippen molar-refractivity contribution in [2.45, 2.75) is 19.4 Å². The van der Waals surface area contributed by atoms with E-state index in [2.05, 4.69) is 31.0 Å². The van der Waals surface area contributed by atoms with Crippen molar-refractivity contribution in [3.05, 3.63) is 65.0 Å². The Morgan fingerprint density at radius 1 is 1.07 bits per heavy atom. The van der Waals surface area contributed by atoms with Crippen LogP contribution in [0.15, 0.2) is 63.5 Å². The molecule has 1 aromatic heterocycles. The molecule has 1 aliphatic heterocycles. The van der Waals surface area contributed by atoms with Crippen molar-refractivity contribution in [1.82, 2.24) is 15.1 Å². The number of ether oxygens (including phenoxy) is 1. The second-order valence-corrected chi connectivity index (χ2v) is 7.70. The normalized spacial score (nSPS) is 17.7. The molecule has 1 saturated heterocycles. The fourth-order valence-electron chi connectivity index (χ4n) is 3.41. The number of hydrogen-bond donors (Lipinski definition) is 0. The number of likely N-dealkylation sites (tertiary alicyclic amines) is 1. The molecule has 0 saturated carbocycles. The van der Waals surface area contributed by atoms with E-state index in [1.807, 2.05) is 54.6 Å². The first-order chi connectivity index (χ1) is 13.3. The van der Waals surface area contributed by atoms with Gasteiger partial charge in [-0.2, -0.15) is 0 Å². The molecule has 4 rings (SSSR count). The first-order valence-electron chi connectivity index (χ1n) is 9.25. The summed E-state index contributed by atoms with van der Waals surface area (Å²) in [4.78, 5) is 2.37. The maximum Gasteiger partial charge on any atom is 0.248 e. The molecule has 1 aliphatic rings. The van der Waals surface area contributed by atoms with Gasteiger partial charge < -0.3 is 9.15 Å². The Balaban J connectivity index is 1.34. The summed E-state index contributed by atoms with van der Waals surface area (Å²) in [5.41, 5.74) is 0.920. The van der Waals surface area contributed by atoms with Gasteiger partial charge in [0, 0.05) is 16.9 Å². The third kappa shape index (κ3) is 4.76. The van der Waals surface area contributed by atoms with Crippen molar-refractivity contribution in [1.29, 1.82) is 0 Å². The van der Waals surface area contributed by atoms with E-state index in [4.69, 9.17) is 9.15 Å². The summed E-state index contributed by atoms with van der Waals surface area (Å²) in [6, 6.07) is 17.9. The van der Waals surface area contributed by atoms with Gasteiger partial charge >= 0.3 is 0 Å². The van der Waals surface area contributed by atoms with Gasteiger partial charge in [0.25, 0.3) is 0 Å². The standard InChI is InChI=1S/C21H22BrN3O2/c22-19-11-5-4-10-18(19)21-24-23-20(27-21)14-25-12-6-7-16(13-25)15-26-17-8-2-1-3-9-17/h1-5,8-11,16H,6-7,12-15H2. The number of para-hydroxylation sites is 1. The predicted octanol–water partition coefficient (Wildman–Crippen LogP) is 4.79. The average molecular weight is 428 g/mol. The second kappa shape index (κ2) is 8.67. The Labute approximate surface area is 167 Å². The van der Waals surface area contributed by atoms with Crippen LogP contribution in [0.3, 0.4) is 0 Å². The van der Waals surface area contributed by atoms with Crippen LogP contribution >= 0.6 is 15.9 Å². The lowest BCUT2D eigenvalue weighted by Gasteiger charge is -2.31. The molecule has 0 bridgehead atoms. The molecule has 140 valence electrons. The zero-order valence-electron chi connectivity index (χ0n) is 15.1. The first-order valence-corrected chi connectivity index (χ1v) is 10.0. The monoisotopic (exact) mass is 427 g/mol. The fraction of sp³-hybridized carbons (Fsp3) is 0.333. The summed E-state index contributed by atoms with van der Waals surface area (Å²) in [6.07, 6.45) is 2.35. The Hall–Kier alpha value is -2.18. The SMILES string of the molecule is Brc1ccccc1-c1nnc(CN2CCCC(COc3ccccc3)C2)o1. The molecule has 0 spiro atoms. The molecule has 1 atom stereocenters. The van der Waals surface area contributed by atoms with Crippen LogP contribution in [0.4, 0.5) is 0 Å². The maximum atomic E-state index is 5.94. The summed E-state index contributed by atoms with van der Waals surface area (Å²) < 4.78 is 12.8. The molecule has 0 amide bonds. The Kier molecular flexibility index (Phi) is 5.84. The van der Waals surface area contributed by atoms with Crippen molar-refractivity contribution < 1.29 is 9.15 Å². The molecular formula is C21H22BrN3O2. The van der Waals surface area contributed by atoms with Gasteiger partial charge in [-0.15, -0.1) is 10.2 Å². The second-order valence-electron chi connectivity index (χ2n) is 6.85. The van der Waals surface area contributed by atoms with Crippen LogP contribution in [0, 0.1) is 5.92 Å². The summed E-state index contributed by atoms with van der Waals surface area (Å²) in [5, 5.41) is 8.45. The van der Waals surface area contributed by atoms with E-state index in [9.17, 15) is 0 Å². The highest BCUT2D eigenvalue weighted by Crippen LogP contribution is 2.27. The summed E-state index contributed by atoms with van der Waals surface area (Å²) in [7, 11) is 0. The van der Waals surface area contributed by atoms with Crippen LogP contribution in [-0.2, 0) is 6.54 Å². The minimum atomic E-state index is 0.518. The number of rotatable bonds is 6. The van der Waals surface area contributed by atoms with E-state index in [1.54, 1.807) is 0 Å². The molecule has 1 fully saturated rings. The predicted molar refractivity (Wildman–Crippen MR) is 107 cm³/mol. The lowest BCUT2D eigenvalue weighted by Crippen LogP contribution is -2.37. The number of halogens is 1. The van der Waals surface area contributed by atoms with E-state index < -0.39 is 0 Å². The highest BCUT2D eigenvalue weighted by atomic mass is 79.9. The van der Waals surface area contributed by atoms with Crippen molar-refractivity contribution in [3.8, 4) is 17.2 Å². The van der Waals surface area contributed by atoms with Gasteiger partial charge in [-0.1, -0.05) is 30.3 Å². The largest absolute Gasteiger partial charge is 0.493 e. The highest BCUT2D eigenvalue weighted by molar-refractivity contribution is 9.10. The summed E-state index contributed by atoms with van der Waals surface area (Å²) in [5.74, 6) is 2.66. The Morgan fingerprint density at radius 2 is 1.89 bits per heavy atom. The van der Waals surface area contributed by atoms with E-state index in [0.29, 0.717) is 24.2 Å². The fourth-order valence-corrected chi connectivity index (χ4v) is 3.87. The topological polar surface area (TPSA) is 51.4 Å². The smallest absolute Gasteiger partial charge is 0.248 e. The van der Waals surface area contributed by atoms with Gasteiger partial charge in [0.15, 0.2) is 0 Å². The van der Waals surface area contributed by atoms with Gasteiger partial charge in [-0.3, -0.25) is 4.90 Å². The van der Waals surface area contributed by atoms with Gasteiger partial charge in [-0.25, -0.2) is 0 Å². The van der Waals surface area contributed by atoms with Crippen molar-refractivity contribution in [3.63, 3.8) is 0 Å². The number of nitrogens with zero attached hydrogens (tertiary/aromatic N) is 3. The molecule has 2 aromatic carbocycles. The van der Waals surface area contributed by atoms with Crippen LogP contribution < -0.4 is 4.74 Å². The number of benzene rings is 2. The summed E-state index contributed by atoms with van der Waals surface area (Å²) in [6.45, 7) is 3.46. The molecular weight excluding hydrogens is 406 g/mol. The molecule has 0 N–H and O–H groups in total. The minimum Gasteiger partial charge on any atom is -0.493 e. The number of aromatic nitrogens is 2. The molecule has 0 radical (unpaired) electrons. The van der Waals surface area contributed by atoms with Crippen LogP contribution in [0.25, 0.3) is 11.5 Å². The molecule has 1 unspecified atom stereocenters. The Bertz CT molecular complexity index is 869. The van der Waals surface area contributed by atoms with Crippen LogP contribution in [0.5, 0.6) is 5.75 Å². The van der Waals surface area contributed by atoms with E-state index in [1.165, 1.54) is 6.42 Å². The van der Waals surface area contributed by atoms with Crippen LogP contribution in [0.1, 0.15) is 18.7 Å². The van der Waals surface area contributed by atoms with Gasteiger partial charge in [0.1, 0.15) is 5.75 Å². The van der Waals surface area contributed by atoms with Crippen molar-refractivity contribution in [2.75, 3.05) is 19.7 Å². The summed E-state index contributed by atoms with van der Waals surface area (Å²) >= 11 is 3.53. The zero-order valence-corrected chi connectivity index (χ0v) is 16.6. The minimum absolute atomic E-state index is 0.518. The molecule has 0 aliphatic carbocycles. The quantitative estimate of drug-likeness (QED) is 0.565. The van der Waals surface area contributed by atoms with Crippen molar-refractivity contribution in [2.24, 2.45) is 5.92 Å². The van der Waals surface area contributed by atoms with E-state index in [0.717, 1.165) is 41.9 Å². The number of piperidine rings is 1. The van der Waals surface area contributed by atoms with Gasteiger partial charge in [0.05, 0.1) is 18.7 Å². The Morgan fingerprint density at radius 3 is 2.74 bits per heavy atom. The van der Waals surface area contributed by atoms with Crippen LogP contribution in [0.2, 0.25) is 0 Å². The van der Waals surface area contributed by atoms with Gasteiger partial charge in [-0.05, 0) is 59.6 Å².